The summed E-state index contributed by atoms with van der Waals surface area (Å²) in [5.41, 5.74) is 1.33. The lowest BCUT2D eigenvalue weighted by Crippen LogP contribution is -2.25. The molecule has 176 valence electrons. The monoisotopic (exact) mass is 481 g/mol. The summed E-state index contributed by atoms with van der Waals surface area (Å²) in [7, 11) is 3.11. The Balaban J connectivity index is 1.78. The van der Waals surface area contributed by atoms with Crippen molar-refractivity contribution in [1.82, 2.24) is 9.97 Å². The summed E-state index contributed by atoms with van der Waals surface area (Å²) < 4.78 is 16.2. The van der Waals surface area contributed by atoms with Gasteiger partial charge < -0.3 is 24.6 Å². The van der Waals surface area contributed by atoms with Crippen molar-refractivity contribution in [3.05, 3.63) is 64.5 Å². The second-order valence-corrected chi connectivity index (χ2v) is 8.29. The maximum Gasteiger partial charge on any atom is 0.211 e. The lowest BCUT2D eigenvalue weighted by Gasteiger charge is -2.22. The third kappa shape index (κ3) is 4.60. The Kier molecular flexibility index (Phi) is 7.41. The summed E-state index contributed by atoms with van der Waals surface area (Å²) in [6.07, 6.45) is 1.36. The zero-order valence-corrected chi connectivity index (χ0v) is 19.5. The quantitative estimate of drug-likeness (QED) is 0.418. The fourth-order valence-electron chi connectivity index (χ4n) is 3.54. The van der Waals surface area contributed by atoms with E-state index in [4.69, 9.17) is 14.2 Å². The topological polar surface area (TPSA) is 120 Å². The van der Waals surface area contributed by atoms with Crippen LogP contribution in [0.4, 0.5) is 5.82 Å². The van der Waals surface area contributed by atoms with Gasteiger partial charge in [0.1, 0.15) is 24.4 Å². The second-order valence-electron chi connectivity index (χ2n) is 7.19. The summed E-state index contributed by atoms with van der Waals surface area (Å²) in [4.78, 5) is 35.4. The molecule has 10 heteroatoms. The second kappa shape index (κ2) is 10.6. The van der Waals surface area contributed by atoms with Gasteiger partial charge in [0.25, 0.3) is 0 Å². The van der Waals surface area contributed by atoms with Gasteiger partial charge in [0.15, 0.2) is 11.5 Å². The molecule has 1 aliphatic rings. The van der Waals surface area contributed by atoms with Crippen LogP contribution in [0.1, 0.15) is 20.7 Å². The lowest BCUT2D eigenvalue weighted by atomic mass is 9.92. The van der Waals surface area contributed by atoms with Crippen LogP contribution in [0.5, 0.6) is 11.5 Å². The van der Waals surface area contributed by atoms with Crippen molar-refractivity contribution in [3.8, 4) is 11.5 Å². The number of fused-ring (bicyclic) bond motifs is 2. The number of hydrogen-bond acceptors (Lipinski definition) is 10. The average Bonchev–Trinajstić information content (AvgIpc) is 2.86. The number of nitrogens with zero attached hydrogens (tertiary/aromatic N) is 2. The number of nitrogens with one attached hydrogen (secondary N) is 1. The number of ether oxygens (including phenoxy) is 3. The minimum absolute atomic E-state index is 0.113. The van der Waals surface area contributed by atoms with E-state index in [2.05, 4.69) is 15.3 Å². The Morgan fingerprint density at radius 2 is 1.76 bits per heavy atom. The van der Waals surface area contributed by atoms with E-state index < -0.39 is 0 Å². The molecule has 0 spiro atoms. The smallest absolute Gasteiger partial charge is 0.211 e. The van der Waals surface area contributed by atoms with Gasteiger partial charge in [-0.15, -0.1) is 11.8 Å². The maximum absolute atomic E-state index is 13.4. The SMILES string of the molecule is COCCOc1cc2ncnc(NC3=C(SCCO)C(=O)c4ccccc4C3=O)c2cc1OC. The molecule has 9 nitrogen and oxygen atoms in total. The zero-order valence-electron chi connectivity index (χ0n) is 18.7. The number of allylic oxidation sites excluding steroid dienone is 2. The van der Waals surface area contributed by atoms with E-state index in [1.807, 2.05) is 0 Å². The average molecular weight is 482 g/mol. The predicted molar refractivity (Wildman–Crippen MR) is 129 cm³/mol. The number of aliphatic hydroxyl groups excluding tert-OH is 1. The molecule has 1 heterocycles. The summed E-state index contributed by atoms with van der Waals surface area (Å²) in [6.45, 7) is 0.616. The van der Waals surface area contributed by atoms with Crippen LogP contribution >= 0.6 is 11.8 Å². The molecule has 4 rings (SSSR count). The highest BCUT2D eigenvalue weighted by molar-refractivity contribution is 8.04. The van der Waals surface area contributed by atoms with Crippen molar-refractivity contribution in [2.24, 2.45) is 0 Å². The summed E-state index contributed by atoms with van der Waals surface area (Å²) in [5.74, 6) is 0.955. The first-order chi connectivity index (χ1) is 16.6. The number of ketones is 2. The predicted octanol–water partition coefficient (Wildman–Crippen LogP) is 3.09. The molecule has 1 aromatic heterocycles. The van der Waals surface area contributed by atoms with Crippen LogP contribution in [0.2, 0.25) is 0 Å². The number of hydrogen-bond donors (Lipinski definition) is 2. The Hall–Kier alpha value is -3.47. The highest BCUT2D eigenvalue weighted by atomic mass is 32.2. The Bertz CT molecular complexity index is 1280. The molecular weight excluding hydrogens is 458 g/mol. The van der Waals surface area contributed by atoms with E-state index in [1.165, 1.54) is 13.4 Å². The molecule has 0 bridgehead atoms. The standard InChI is InChI=1S/C24H23N3O6S/c1-31-8-9-33-19-12-17-16(11-18(19)32-2)24(26-13-25-17)27-20-21(29)14-5-3-4-6-15(14)22(30)23(20)34-10-7-28/h3-6,11-13,28H,7-10H2,1-2H3,(H,25,26,27). The minimum Gasteiger partial charge on any atom is -0.493 e. The number of benzene rings is 2. The van der Waals surface area contributed by atoms with Crippen molar-refractivity contribution in [2.75, 3.05) is 45.1 Å². The van der Waals surface area contributed by atoms with Crippen molar-refractivity contribution in [3.63, 3.8) is 0 Å². The first-order valence-electron chi connectivity index (χ1n) is 10.5. The number of carbonyl (C=O) groups excluding carboxylic acids is 2. The van der Waals surface area contributed by atoms with Crippen LogP contribution in [0.25, 0.3) is 10.9 Å². The third-order valence-corrected chi connectivity index (χ3v) is 6.19. The summed E-state index contributed by atoms with van der Waals surface area (Å²) >= 11 is 1.12. The number of methoxy groups -OCH3 is 2. The van der Waals surface area contributed by atoms with Crippen LogP contribution in [0.15, 0.2) is 53.3 Å². The summed E-state index contributed by atoms with van der Waals surface area (Å²) in [5, 5.41) is 13.0. The van der Waals surface area contributed by atoms with E-state index in [9.17, 15) is 14.7 Å². The number of aliphatic hydroxyl groups is 1. The molecule has 0 atom stereocenters. The fourth-order valence-corrected chi connectivity index (χ4v) is 4.37. The third-order valence-electron chi connectivity index (χ3n) is 5.12. The molecule has 0 saturated heterocycles. The molecular formula is C24H23N3O6S. The molecule has 34 heavy (non-hydrogen) atoms. The summed E-state index contributed by atoms with van der Waals surface area (Å²) in [6, 6.07) is 10.1. The first kappa shape index (κ1) is 23.7. The van der Waals surface area contributed by atoms with Gasteiger partial charge in [0, 0.05) is 35.4 Å². The Labute approximate surface area is 200 Å². The van der Waals surface area contributed by atoms with Crippen molar-refractivity contribution >= 4 is 40.0 Å². The molecule has 3 aromatic rings. The van der Waals surface area contributed by atoms with Crippen LogP contribution < -0.4 is 14.8 Å². The number of rotatable bonds is 10. The zero-order chi connectivity index (χ0) is 24.1. The van der Waals surface area contributed by atoms with Crippen LogP contribution in [-0.2, 0) is 4.74 Å². The van der Waals surface area contributed by atoms with Crippen molar-refractivity contribution in [1.29, 1.82) is 0 Å². The molecule has 0 amide bonds. The largest absolute Gasteiger partial charge is 0.493 e. The van der Waals surface area contributed by atoms with E-state index in [-0.39, 0.29) is 34.5 Å². The highest BCUT2D eigenvalue weighted by Crippen LogP contribution is 2.37. The fraction of sp³-hybridized carbons (Fsp3) is 0.250. The molecule has 0 radical (unpaired) electrons. The number of anilines is 1. The number of Topliss-reactive ketones (excluding diaryl/α,β-unsaturated/α-hetero) is 2. The number of carbonyl (C=O) groups is 2. The van der Waals surface area contributed by atoms with Gasteiger partial charge in [-0.3, -0.25) is 9.59 Å². The van der Waals surface area contributed by atoms with Crippen LogP contribution in [0.3, 0.4) is 0 Å². The van der Waals surface area contributed by atoms with Gasteiger partial charge in [-0.05, 0) is 6.07 Å². The van der Waals surface area contributed by atoms with E-state index in [0.717, 1.165) is 11.8 Å². The first-order valence-corrected chi connectivity index (χ1v) is 11.5. The molecule has 0 fully saturated rings. The van der Waals surface area contributed by atoms with Gasteiger partial charge in [0.2, 0.25) is 11.6 Å². The van der Waals surface area contributed by atoms with E-state index in [0.29, 0.717) is 52.6 Å². The molecule has 2 aromatic carbocycles. The van der Waals surface area contributed by atoms with Crippen molar-refractivity contribution < 1.29 is 28.9 Å². The van der Waals surface area contributed by atoms with E-state index in [1.54, 1.807) is 43.5 Å². The lowest BCUT2D eigenvalue weighted by molar-refractivity contribution is 0.0982. The molecule has 2 N–H and O–H groups in total. The van der Waals surface area contributed by atoms with Crippen LogP contribution in [-0.4, -0.2) is 66.4 Å². The van der Waals surface area contributed by atoms with Gasteiger partial charge in [-0.2, -0.15) is 0 Å². The number of aromatic nitrogens is 2. The normalized spacial score (nSPS) is 13.3. The number of thioether (sulfide) groups is 1. The molecule has 0 unspecified atom stereocenters. The Morgan fingerprint density at radius 1 is 1.00 bits per heavy atom. The minimum atomic E-state index is -0.325. The molecule has 0 aliphatic heterocycles. The van der Waals surface area contributed by atoms with Crippen molar-refractivity contribution in [2.45, 2.75) is 0 Å². The van der Waals surface area contributed by atoms with Gasteiger partial charge in [0.05, 0.1) is 30.7 Å². The van der Waals surface area contributed by atoms with E-state index >= 15 is 0 Å². The highest BCUT2D eigenvalue weighted by Gasteiger charge is 2.33. The van der Waals surface area contributed by atoms with Gasteiger partial charge in [-0.25, -0.2) is 9.97 Å². The van der Waals surface area contributed by atoms with Gasteiger partial charge in [-0.1, -0.05) is 24.3 Å². The maximum atomic E-state index is 13.4. The van der Waals surface area contributed by atoms with Gasteiger partial charge >= 0.3 is 0 Å². The molecule has 1 aliphatic carbocycles. The van der Waals surface area contributed by atoms with Crippen LogP contribution in [0, 0.1) is 0 Å². The molecule has 0 saturated carbocycles. The Morgan fingerprint density at radius 3 is 2.47 bits per heavy atom.